The van der Waals surface area contributed by atoms with Crippen molar-refractivity contribution in [1.82, 2.24) is 0 Å². The first-order valence-electron chi connectivity index (χ1n) is 4.19. The van der Waals surface area contributed by atoms with Crippen molar-refractivity contribution in [3.05, 3.63) is 35.4 Å². The van der Waals surface area contributed by atoms with E-state index < -0.39 is 11.7 Å². The van der Waals surface area contributed by atoms with E-state index in [-0.39, 0.29) is 5.96 Å². The molecule has 0 heterocycles. The van der Waals surface area contributed by atoms with Gasteiger partial charge in [0.25, 0.3) is 0 Å². The van der Waals surface area contributed by atoms with Gasteiger partial charge in [-0.2, -0.15) is 18.3 Å². The molecule has 0 aromatic heterocycles. The van der Waals surface area contributed by atoms with E-state index in [1.807, 2.05) is 0 Å². The van der Waals surface area contributed by atoms with Gasteiger partial charge in [-0.3, -0.25) is 0 Å². The van der Waals surface area contributed by atoms with Crippen LogP contribution in [0.15, 0.2) is 34.5 Å². The molecule has 0 atom stereocenters. The van der Waals surface area contributed by atoms with Crippen molar-refractivity contribution in [3.63, 3.8) is 0 Å². The molecule has 1 aromatic carbocycles. The molecule has 1 rings (SSSR count). The van der Waals surface area contributed by atoms with E-state index in [2.05, 4.69) is 10.2 Å². The second kappa shape index (κ2) is 4.65. The highest BCUT2D eigenvalue weighted by molar-refractivity contribution is 5.81. The lowest BCUT2D eigenvalue weighted by molar-refractivity contribution is -0.137. The molecule has 0 amide bonds. The van der Waals surface area contributed by atoms with E-state index in [4.69, 9.17) is 11.5 Å². The third-order valence-corrected chi connectivity index (χ3v) is 1.62. The quantitative estimate of drug-likeness (QED) is 0.456. The van der Waals surface area contributed by atoms with Gasteiger partial charge in [-0.05, 0) is 17.7 Å². The van der Waals surface area contributed by atoms with Crippen LogP contribution in [-0.2, 0) is 6.18 Å². The van der Waals surface area contributed by atoms with Crippen LogP contribution in [0.1, 0.15) is 11.1 Å². The van der Waals surface area contributed by atoms with Gasteiger partial charge in [0.05, 0.1) is 11.8 Å². The van der Waals surface area contributed by atoms with Gasteiger partial charge < -0.3 is 11.5 Å². The third-order valence-electron chi connectivity index (χ3n) is 1.62. The van der Waals surface area contributed by atoms with Crippen LogP contribution in [-0.4, -0.2) is 12.2 Å². The molecule has 4 nitrogen and oxygen atoms in total. The van der Waals surface area contributed by atoms with Crippen molar-refractivity contribution in [1.29, 1.82) is 0 Å². The predicted molar refractivity (Wildman–Crippen MR) is 54.8 cm³/mol. The van der Waals surface area contributed by atoms with Gasteiger partial charge in [0.15, 0.2) is 0 Å². The smallest absolute Gasteiger partial charge is 0.369 e. The molecular formula is C9H9F3N4. The van der Waals surface area contributed by atoms with E-state index in [1.54, 1.807) is 0 Å². The van der Waals surface area contributed by atoms with Crippen molar-refractivity contribution in [2.75, 3.05) is 0 Å². The van der Waals surface area contributed by atoms with Crippen LogP contribution >= 0.6 is 0 Å². The van der Waals surface area contributed by atoms with Gasteiger partial charge in [-0.1, -0.05) is 12.1 Å². The minimum atomic E-state index is -4.34. The Morgan fingerprint density at radius 2 is 1.69 bits per heavy atom. The molecule has 0 bridgehead atoms. The van der Waals surface area contributed by atoms with Crippen LogP contribution in [0.5, 0.6) is 0 Å². The fourth-order valence-corrected chi connectivity index (χ4v) is 0.920. The maximum Gasteiger partial charge on any atom is 0.416 e. The lowest BCUT2D eigenvalue weighted by Crippen LogP contribution is -2.21. The Morgan fingerprint density at radius 3 is 2.12 bits per heavy atom. The maximum absolute atomic E-state index is 12.2. The number of nitrogens with zero attached hydrogens (tertiary/aromatic N) is 2. The molecule has 0 radical (unpaired) electrons. The van der Waals surface area contributed by atoms with Crippen LogP contribution in [0.4, 0.5) is 13.2 Å². The SMILES string of the molecule is NC(N)=N/N=C\c1ccc(C(F)(F)F)cc1. The van der Waals surface area contributed by atoms with Crippen molar-refractivity contribution in [2.45, 2.75) is 6.18 Å². The van der Waals surface area contributed by atoms with Gasteiger partial charge in [-0.25, -0.2) is 0 Å². The van der Waals surface area contributed by atoms with Crippen LogP contribution in [0.3, 0.4) is 0 Å². The van der Waals surface area contributed by atoms with E-state index in [9.17, 15) is 13.2 Å². The minimum absolute atomic E-state index is 0.219. The predicted octanol–water partition coefficient (Wildman–Crippen LogP) is 1.31. The monoisotopic (exact) mass is 230 g/mol. The van der Waals surface area contributed by atoms with E-state index in [1.165, 1.54) is 18.3 Å². The molecule has 7 heteroatoms. The Balaban J connectivity index is 2.80. The summed E-state index contributed by atoms with van der Waals surface area (Å²) in [6.07, 6.45) is -3.09. The number of rotatable bonds is 2. The molecule has 0 saturated heterocycles. The van der Waals surface area contributed by atoms with E-state index in [0.717, 1.165) is 12.1 Å². The summed E-state index contributed by atoms with van der Waals surface area (Å²) in [7, 11) is 0. The molecule has 0 saturated carbocycles. The second-order valence-electron chi connectivity index (χ2n) is 2.89. The second-order valence-corrected chi connectivity index (χ2v) is 2.89. The standard InChI is InChI=1S/C9H9F3N4/c10-9(11,12)7-3-1-6(2-4-7)5-15-16-8(13)14/h1-5H,(H4,13,14,16)/b15-5-. The van der Waals surface area contributed by atoms with Gasteiger partial charge in [0, 0.05) is 0 Å². The third kappa shape index (κ3) is 3.60. The first kappa shape index (κ1) is 12.0. The van der Waals surface area contributed by atoms with Crippen LogP contribution in [0.25, 0.3) is 0 Å². The molecule has 0 aliphatic rings. The first-order valence-corrected chi connectivity index (χ1v) is 4.19. The molecule has 86 valence electrons. The topological polar surface area (TPSA) is 76.8 Å². The summed E-state index contributed by atoms with van der Waals surface area (Å²) in [5.74, 6) is -0.219. The van der Waals surface area contributed by atoms with Gasteiger partial charge >= 0.3 is 6.18 Å². The molecule has 0 aliphatic heterocycles. The Morgan fingerprint density at radius 1 is 1.12 bits per heavy atom. The number of hydrogen-bond acceptors (Lipinski definition) is 2. The summed E-state index contributed by atoms with van der Waals surface area (Å²) in [6.45, 7) is 0. The van der Waals surface area contributed by atoms with Crippen molar-refractivity contribution in [3.8, 4) is 0 Å². The molecular weight excluding hydrogens is 221 g/mol. The highest BCUT2D eigenvalue weighted by atomic mass is 19.4. The number of guanidine groups is 1. The van der Waals surface area contributed by atoms with E-state index in [0.29, 0.717) is 5.56 Å². The highest BCUT2D eigenvalue weighted by Gasteiger charge is 2.29. The summed E-state index contributed by atoms with van der Waals surface area (Å²) in [5.41, 5.74) is 9.76. The number of hydrogen-bond donors (Lipinski definition) is 2. The minimum Gasteiger partial charge on any atom is -0.369 e. The summed E-state index contributed by atoms with van der Waals surface area (Å²) in [6, 6.07) is 4.46. The van der Waals surface area contributed by atoms with Crippen molar-refractivity contribution >= 4 is 12.2 Å². The Kier molecular flexibility index (Phi) is 3.49. The molecule has 0 aliphatic carbocycles. The van der Waals surface area contributed by atoms with Crippen LogP contribution in [0, 0.1) is 0 Å². The molecule has 16 heavy (non-hydrogen) atoms. The van der Waals surface area contributed by atoms with Crippen LogP contribution in [0.2, 0.25) is 0 Å². The molecule has 1 aromatic rings. The Bertz CT molecular complexity index is 402. The first-order chi connectivity index (χ1) is 7.39. The zero-order valence-corrected chi connectivity index (χ0v) is 8.07. The number of halogens is 3. The van der Waals surface area contributed by atoms with E-state index >= 15 is 0 Å². The number of benzene rings is 1. The summed E-state index contributed by atoms with van der Waals surface area (Å²) in [5, 5.41) is 6.78. The number of alkyl halides is 3. The summed E-state index contributed by atoms with van der Waals surface area (Å²) < 4.78 is 36.6. The lowest BCUT2D eigenvalue weighted by atomic mass is 10.1. The summed E-state index contributed by atoms with van der Waals surface area (Å²) in [4.78, 5) is 0. The molecule has 0 fully saturated rings. The van der Waals surface area contributed by atoms with Crippen molar-refractivity contribution in [2.24, 2.45) is 21.7 Å². The van der Waals surface area contributed by atoms with Gasteiger partial charge in [0.1, 0.15) is 0 Å². The Labute approximate surface area is 89.5 Å². The van der Waals surface area contributed by atoms with Crippen LogP contribution < -0.4 is 11.5 Å². The lowest BCUT2D eigenvalue weighted by Gasteiger charge is -2.05. The Hall–Kier alpha value is -2.05. The average molecular weight is 230 g/mol. The summed E-state index contributed by atoms with van der Waals surface area (Å²) >= 11 is 0. The van der Waals surface area contributed by atoms with Gasteiger partial charge in [0.2, 0.25) is 5.96 Å². The largest absolute Gasteiger partial charge is 0.416 e. The molecule has 4 N–H and O–H groups in total. The zero-order chi connectivity index (χ0) is 12.2. The fraction of sp³-hybridized carbons (Fsp3) is 0.111. The molecule has 0 spiro atoms. The zero-order valence-electron chi connectivity index (χ0n) is 8.07. The number of nitrogens with two attached hydrogens (primary N) is 2. The molecule has 0 unspecified atom stereocenters. The highest BCUT2D eigenvalue weighted by Crippen LogP contribution is 2.28. The van der Waals surface area contributed by atoms with Gasteiger partial charge in [-0.15, -0.1) is 5.10 Å². The van der Waals surface area contributed by atoms with Crippen molar-refractivity contribution < 1.29 is 13.2 Å². The maximum atomic E-state index is 12.2. The average Bonchev–Trinajstić information content (AvgIpc) is 2.16. The normalized spacial score (nSPS) is 11.7. The fourth-order valence-electron chi connectivity index (χ4n) is 0.920.